The fourth-order valence-electron chi connectivity index (χ4n) is 1.98. The van der Waals surface area contributed by atoms with Crippen LogP contribution in [0.5, 0.6) is 5.75 Å². The van der Waals surface area contributed by atoms with Gasteiger partial charge >= 0.3 is 0 Å². The Morgan fingerprint density at radius 2 is 1.50 bits per heavy atom. The van der Waals surface area contributed by atoms with Crippen LogP contribution in [0.15, 0.2) is 42.5 Å². The zero-order chi connectivity index (χ0) is 11.5. The van der Waals surface area contributed by atoms with Crippen molar-refractivity contribution in [3.63, 3.8) is 0 Å². The highest BCUT2D eigenvalue weighted by Crippen LogP contribution is 2.23. The molecular formula is C15H16O. The van der Waals surface area contributed by atoms with Crippen LogP contribution in [-0.4, -0.2) is 5.11 Å². The Morgan fingerprint density at radius 1 is 0.875 bits per heavy atom. The third kappa shape index (κ3) is 2.08. The van der Waals surface area contributed by atoms with Crippen molar-refractivity contribution in [2.75, 3.05) is 0 Å². The van der Waals surface area contributed by atoms with E-state index in [4.69, 9.17) is 0 Å². The molecule has 0 aromatic heterocycles. The highest BCUT2D eigenvalue weighted by atomic mass is 16.3. The Balaban J connectivity index is 2.38. The molecule has 0 spiro atoms. The first-order valence-electron chi connectivity index (χ1n) is 5.50. The molecule has 0 heterocycles. The van der Waals surface area contributed by atoms with E-state index in [-0.39, 0.29) is 0 Å². The van der Waals surface area contributed by atoms with Gasteiger partial charge in [-0.05, 0) is 42.2 Å². The highest BCUT2D eigenvalue weighted by molar-refractivity contribution is 5.41. The van der Waals surface area contributed by atoms with Gasteiger partial charge < -0.3 is 5.11 Å². The summed E-state index contributed by atoms with van der Waals surface area (Å²) in [5.41, 5.74) is 4.86. The van der Waals surface area contributed by atoms with Gasteiger partial charge in [-0.3, -0.25) is 0 Å². The third-order valence-electron chi connectivity index (χ3n) is 3.00. The molecule has 0 radical (unpaired) electrons. The van der Waals surface area contributed by atoms with Crippen molar-refractivity contribution in [3.05, 3.63) is 64.7 Å². The van der Waals surface area contributed by atoms with E-state index in [0.717, 1.165) is 12.0 Å². The Bertz CT molecular complexity index is 480. The SMILES string of the molecule is Cc1cccc(C)c1Cc1ccccc1O. The van der Waals surface area contributed by atoms with E-state index in [1.165, 1.54) is 16.7 Å². The van der Waals surface area contributed by atoms with E-state index in [1.54, 1.807) is 6.07 Å². The standard InChI is InChI=1S/C15H16O/c1-11-6-5-7-12(2)14(11)10-13-8-3-4-9-15(13)16/h3-9,16H,10H2,1-2H3. The maximum Gasteiger partial charge on any atom is 0.119 e. The van der Waals surface area contributed by atoms with Gasteiger partial charge in [0.25, 0.3) is 0 Å². The maximum absolute atomic E-state index is 9.75. The van der Waals surface area contributed by atoms with Crippen molar-refractivity contribution >= 4 is 0 Å². The summed E-state index contributed by atoms with van der Waals surface area (Å²) in [5, 5.41) is 9.75. The lowest BCUT2D eigenvalue weighted by molar-refractivity contribution is 0.469. The average molecular weight is 212 g/mol. The van der Waals surface area contributed by atoms with Gasteiger partial charge in [0, 0.05) is 6.42 Å². The van der Waals surface area contributed by atoms with Crippen LogP contribution in [0, 0.1) is 13.8 Å². The molecule has 0 atom stereocenters. The van der Waals surface area contributed by atoms with Gasteiger partial charge in [0.1, 0.15) is 5.75 Å². The van der Waals surface area contributed by atoms with Crippen LogP contribution in [-0.2, 0) is 6.42 Å². The smallest absolute Gasteiger partial charge is 0.119 e. The molecule has 2 aromatic rings. The Morgan fingerprint density at radius 3 is 2.12 bits per heavy atom. The van der Waals surface area contributed by atoms with Crippen LogP contribution in [0.2, 0.25) is 0 Å². The minimum absolute atomic E-state index is 0.380. The van der Waals surface area contributed by atoms with Gasteiger partial charge in [0.2, 0.25) is 0 Å². The van der Waals surface area contributed by atoms with Gasteiger partial charge in [-0.15, -0.1) is 0 Å². The molecule has 0 amide bonds. The van der Waals surface area contributed by atoms with Crippen LogP contribution in [0.4, 0.5) is 0 Å². The number of phenolic OH excluding ortho intramolecular Hbond substituents is 1. The fourth-order valence-corrected chi connectivity index (χ4v) is 1.98. The molecule has 0 aliphatic rings. The first-order chi connectivity index (χ1) is 7.68. The average Bonchev–Trinajstić information content (AvgIpc) is 2.26. The highest BCUT2D eigenvalue weighted by Gasteiger charge is 2.06. The molecule has 0 saturated heterocycles. The van der Waals surface area contributed by atoms with E-state index >= 15 is 0 Å². The van der Waals surface area contributed by atoms with Crippen molar-refractivity contribution < 1.29 is 5.11 Å². The van der Waals surface area contributed by atoms with Gasteiger partial charge in [0.15, 0.2) is 0 Å². The van der Waals surface area contributed by atoms with E-state index in [1.807, 2.05) is 18.2 Å². The molecular weight excluding hydrogens is 196 g/mol. The molecule has 1 heteroatoms. The number of aromatic hydroxyl groups is 1. The number of para-hydroxylation sites is 1. The van der Waals surface area contributed by atoms with Crippen LogP contribution < -0.4 is 0 Å². The molecule has 0 aliphatic heterocycles. The molecule has 0 saturated carbocycles. The van der Waals surface area contributed by atoms with Crippen molar-refractivity contribution in [3.8, 4) is 5.75 Å². The molecule has 2 rings (SSSR count). The largest absolute Gasteiger partial charge is 0.508 e. The summed E-state index contributed by atoms with van der Waals surface area (Å²) >= 11 is 0. The van der Waals surface area contributed by atoms with Crippen molar-refractivity contribution in [1.82, 2.24) is 0 Å². The lowest BCUT2D eigenvalue weighted by atomic mass is 9.96. The maximum atomic E-state index is 9.75. The van der Waals surface area contributed by atoms with E-state index in [0.29, 0.717) is 5.75 Å². The van der Waals surface area contributed by atoms with Crippen molar-refractivity contribution in [1.29, 1.82) is 0 Å². The van der Waals surface area contributed by atoms with Crippen LogP contribution in [0.1, 0.15) is 22.3 Å². The number of hydrogen-bond donors (Lipinski definition) is 1. The van der Waals surface area contributed by atoms with Gasteiger partial charge in [0.05, 0.1) is 0 Å². The van der Waals surface area contributed by atoms with Crippen LogP contribution in [0.3, 0.4) is 0 Å². The second-order valence-corrected chi connectivity index (χ2v) is 4.18. The summed E-state index contributed by atoms with van der Waals surface area (Å²) < 4.78 is 0. The van der Waals surface area contributed by atoms with Crippen LogP contribution >= 0.6 is 0 Å². The van der Waals surface area contributed by atoms with E-state index in [2.05, 4.69) is 32.0 Å². The Labute approximate surface area is 96.4 Å². The predicted octanol–water partition coefficient (Wildman–Crippen LogP) is 3.60. The molecule has 1 N–H and O–H groups in total. The first kappa shape index (κ1) is 10.7. The zero-order valence-corrected chi connectivity index (χ0v) is 9.70. The molecule has 2 aromatic carbocycles. The summed E-state index contributed by atoms with van der Waals surface area (Å²) in [5.74, 6) is 0.380. The summed E-state index contributed by atoms with van der Waals surface area (Å²) in [7, 11) is 0. The van der Waals surface area contributed by atoms with Crippen molar-refractivity contribution in [2.24, 2.45) is 0 Å². The molecule has 0 fully saturated rings. The summed E-state index contributed by atoms with van der Waals surface area (Å²) in [6.07, 6.45) is 0.797. The normalized spacial score (nSPS) is 10.4. The molecule has 82 valence electrons. The van der Waals surface area contributed by atoms with Crippen molar-refractivity contribution in [2.45, 2.75) is 20.3 Å². The van der Waals surface area contributed by atoms with Gasteiger partial charge in [-0.2, -0.15) is 0 Å². The van der Waals surface area contributed by atoms with Crippen LogP contribution in [0.25, 0.3) is 0 Å². The van der Waals surface area contributed by atoms with Gasteiger partial charge in [-0.1, -0.05) is 36.4 Å². The molecule has 16 heavy (non-hydrogen) atoms. The second-order valence-electron chi connectivity index (χ2n) is 4.18. The third-order valence-corrected chi connectivity index (χ3v) is 3.00. The number of aryl methyl sites for hydroxylation is 2. The zero-order valence-electron chi connectivity index (χ0n) is 9.70. The second kappa shape index (κ2) is 4.40. The number of rotatable bonds is 2. The molecule has 1 nitrogen and oxygen atoms in total. The minimum atomic E-state index is 0.380. The summed E-state index contributed by atoms with van der Waals surface area (Å²) in [6, 6.07) is 13.8. The number of hydrogen-bond acceptors (Lipinski definition) is 1. The Hall–Kier alpha value is -1.76. The molecule has 0 aliphatic carbocycles. The lowest BCUT2D eigenvalue weighted by Crippen LogP contribution is -1.95. The topological polar surface area (TPSA) is 20.2 Å². The number of phenols is 1. The molecule has 0 bridgehead atoms. The number of benzene rings is 2. The first-order valence-corrected chi connectivity index (χ1v) is 5.50. The van der Waals surface area contributed by atoms with Gasteiger partial charge in [-0.25, -0.2) is 0 Å². The predicted molar refractivity (Wildman–Crippen MR) is 66.8 cm³/mol. The quantitative estimate of drug-likeness (QED) is 0.806. The fraction of sp³-hybridized carbons (Fsp3) is 0.200. The molecule has 0 unspecified atom stereocenters. The monoisotopic (exact) mass is 212 g/mol. The minimum Gasteiger partial charge on any atom is -0.508 e. The van der Waals surface area contributed by atoms with E-state index < -0.39 is 0 Å². The van der Waals surface area contributed by atoms with E-state index in [9.17, 15) is 5.11 Å². The lowest BCUT2D eigenvalue weighted by Gasteiger charge is -2.10. The summed E-state index contributed by atoms with van der Waals surface area (Å²) in [4.78, 5) is 0. The summed E-state index contributed by atoms with van der Waals surface area (Å²) in [6.45, 7) is 4.23. The Kier molecular flexibility index (Phi) is 2.95.